The number of hydrogen-bond donors (Lipinski definition) is 2. The molecule has 8 heteroatoms. The van der Waals surface area contributed by atoms with Gasteiger partial charge in [-0.3, -0.25) is 9.88 Å². The van der Waals surface area contributed by atoms with Gasteiger partial charge in [-0.2, -0.15) is 0 Å². The maximum absolute atomic E-state index is 10.2. The summed E-state index contributed by atoms with van der Waals surface area (Å²) < 4.78 is 11.8. The number of piperidine rings is 1. The standard InChI is InChI=1S/C26H36N3O4Si/c1-26(2,3)25(33-34(5)6)17-7-9-27-20(11-17)19-15-29-10-8-16-12-23(30)24(32-4)13-18(16)22(29)14-21(19)28-31/h7,9,11-13,19,22,25,30-31H,8,10,14-15H2,1-6H3/b28-21+/t19-,22+,25?/m0/s1. The summed E-state index contributed by atoms with van der Waals surface area (Å²) in [4.78, 5) is 7.14. The van der Waals surface area contributed by atoms with Crippen LogP contribution >= 0.6 is 0 Å². The number of phenols is 1. The maximum atomic E-state index is 10.2. The first kappa shape index (κ1) is 24.7. The van der Waals surface area contributed by atoms with E-state index in [0.29, 0.717) is 12.2 Å². The number of ether oxygens (including phenoxy) is 1. The molecule has 1 fully saturated rings. The molecule has 3 atom stereocenters. The lowest BCUT2D eigenvalue weighted by Gasteiger charge is -2.43. The molecule has 7 nitrogen and oxygen atoms in total. The van der Waals surface area contributed by atoms with Crippen molar-refractivity contribution < 1.29 is 19.5 Å². The van der Waals surface area contributed by atoms with Gasteiger partial charge in [0.05, 0.1) is 30.5 Å². The predicted octanol–water partition coefficient (Wildman–Crippen LogP) is 5.07. The fourth-order valence-corrected chi connectivity index (χ4v) is 6.21. The van der Waals surface area contributed by atoms with Gasteiger partial charge in [-0.15, -0.1) is 0 Å². The van der Waals surface area contributed by atoms with E-state index < -0.39 is 9.04 Å². The van der Waals surface area contributed by atoms with Crippen molar-refractivity contribution in [2.75, 3.05) is 20.2 Å². The first-order valence-corrected chi connectivity index (χ1v) is 14.3. The number of pyridine rings is 1. The highest BCUT2D eigenvalue weighted by molar-refractivity contribution is 6.48. The molecular weight excluding hydrogens is 446 g/mol. The Balaban J connectivity index is 1.65. The quantitative estimate of drug-likeness (QED) is 0.352. The first-order chi connectivity index (χ1) is 16.1. The van der Waals surface area contributed by atoms with Gasteiger partial charge in [0.25, 0.3) is 0 Å². The molecule has 1 aromatic carbocycles. The van der Waals surface area contributed by atoms with Crippen LogP contribution in [0.5, 0.6) is 11.5 Å². The fraction of sp³-hybridized carbons (Fsp3) is 0.538. The van der Waals surface area contributed by atoms with Crippen molar-refractivity contribution in [3.05, 3.63) is 52.8 Å². The number of benzene rings is 1. The van der Waals surface area contributed by atoms with E-state index in [9.17, 15) is 10.3 Å². The third kappa shape index (κ3) is 4.85. The van der Waals surface area contributed by atoms with Gasteiger partial charge in [0, 0.05) is 31.7 Å². The second-order valence-corrected chi connectivity index (χ2v) is 12.7. The number of methoxy groups -OCH3 is 1. The molecule has 1 saturated heterocycles. The highest BCUT2D eigenvalue weighted by atomic mass is 28.3. The zero-order valence-electron chi connectivity index (χ0n) is 21.0. The summed E-state index contributed by atoms with van der Waals surface area (Å²) in [6, 6.07) is 7.99. The average Bonchev–Trinajstić information content (AvgIpc) is 2.80. The number of aromatic nitrogens is 1. The Morgan fingerprint density at radius 3 is 2.65 bits per heavy atom. The van der Waals surface area contributed by atoms with Gasteiger partial charge < -0.3 is 19.5 Å². The van der Waals surface area contributed by atoms with Gasteiger partial charge in [0.15, 0.2) is 11.5 Å². The average molecular weight is 483 g/mol. The van der Waals surface area contributed by atoms with Gasteiger partial charge in [-0.05, 0) is 65.9 Å². The molecular formula is C26H36N3O4Si. The Morgan fingerprint density at radius 1 is 1.24 bits per heavy atom. The molecule has 2 aliphatic rings. The lowest BCUT2D eigenvalue weighted by atomic mass is 9.80. The normalized spacial score (nSPS) is 23.0. The van der Waals surface area contributed by atoms with Crippen LogP contribution in [0.2, 0.25) is 13.1 Å². The van der Waals surface area contributed by atoms with E-state index in [4.69, 9.17) is 14.1 Å². The summed E-state index contributed by atoms with van der Waals surface area (Å²) in [7, 11) is 0.676. The minimum Gasteiger partial charge on any atom is -0.504 e. The third-order valence-electron chi connectivity index (χ3n) is 6.86. The molecule has 0 amide bonds. The number of oxime groups is 1. The van der Waals surface area contributed by atoms with Crippen molar-refractivity contribution in [3.63, 3.8) is 0 Å². The zero-order chi connectivity index (χ0) is 24.6. The Kier molecular flexibility index (Phi) is 7.03. The van der Waals surface area contributed by atoms with Crippen LogP contribution in [0.3, 0.4) is 0 Å². The van der Waals surface area contributed by atoms with Gasteiger partial charge in [0.2, 0.25) is 9.04 Å². The number of hydrogen-bond acceptors (Lipinski definition) is 7. The smallest absolute Gasteiger partial charge is 0.205 e. The van der Waals surface area contributed by atoms with Crippen LogP contribution in [0, 0.1) is 5.41 Å². The number of phenolic OH excluding ortho intramolecular Hbond substituents is 1. The van der Waals surface area contributed by atoms with Crippen LogP contribution in [0.1, 0.15) is 67.6 Å². The van der Waals surface area contributed by atoms with E-state index >= 15 is 0 Å². The van der Waals surface area contributed by atoms with Crippen molar-refractivity contribution in [1.29, 1.82) is 0 Å². The second kappa shape index (κ2) is 9.68. The predicted molar refractivity (Wildman–Crippen MR) is 134 cm³/mol. The lowest BCUT2D eigenvalue weighted by molar-refractivity contribution is 0.0864. The number of fused-ring (bicyclic) bond motifs is 3. The van der Waals surface area contributed by atoms with Crippen LogP contribution < -0.4 is 4.74 Å². The van der Waals surface area contributed by atoms with E-state index in [1.807, 2.05) is 24.4 Å². The van der Waals surface area contributed by atoms with E-state index in [1.54, 1.807) is 7.11 Å². The van der Waals surface area contributed by atoms with Crippen LogP contribution in [0.25, 0.3) is 0 Å². The summed E-state index contributed by atoms with van der Waals surface area (Å²) >= 11 is 0. The second-order valence-electron chi connectivity index (χ2n) is 10.6. The summed E-state index contributed by atoms with van der Waals surface area (Å²) in [5, 5.41) is 23.9. The largest absolute Gasteiger partial charge is 0.504 e. The summed E-state index contributed by atoms with van der Waals surface area (Å²) in [6.07, 6.45) is 3.29. The van der Waals surface area contributed by atoms with E-state index in [0.717, 1.165) is 47.6 Å². The molecule has 2 N–H and O–H groups in total. The first-order valence-electron chi connectivity index (χ1n) is 11.9. The molecule has 0 saturated carbocycles. The Morgan fingerprint density at radius 2 is 2.00 bits per heavy atom. The molecule has 0 aliphatic carbocycles. The number of rotatable bonds is 5. The van der Waals surface area contributed by atoms with Crippen LogP contribution in [0.4, 0.5) is 0 Å². The fourth-order valence-electron chi connectivity index (χ4n) is 5.25. The van der Waals surface area contributed by atoms with Gasteiger partial charge in [-0.25, -0.2) is 0 Å². The highest BCUT2D eigenvalue weighted by Gasteiger charge is 2.39. The van der Waals surface area contributed by atoms with E-state index in [1.165, 1.54) is 0 Å². The van der Waals surface area contributed by atoms with Crippen molar-refractivity contribution in [3.8, 4) is 11.5 Å². The molecule has 1 radical (unpaired) electrons. The summed E-state index contributed by atoms with van der Waals surface area (Å²) in [5.41, 5.74) is 4.97. The van der Waals surface area contributed by atoms with Crippen molar-refractivity contribution in [1.82, 2.24) is 9.88 Å². The van der Waals surface area contributed by atoms with Gasteiger partial charge >= 0.3 is 0 Å². The zero-order valence-corrected chi connectivity index (χ0v) is 22.0. The van der Waals surface area contributed by atoms with E-state index in [2.05, 4.69) is 50.0 Å². The molecule has 3 heterocycles. The highest BCUT2D eigenvalue weighted by Crippen LogP contribution is 2.44. The topological polar surface area (TPSA) is 87.4 Å². The van der Waals surface area contributed by atoms with Crippen LogP contribution in [-0.2, 0) is 10.8 Å². The van der Waals surface area contributed by atoms with Crippen molar-refractivity contribution in [2.24, 2.45) is 10.6 Å². The molecule has 1 unspecified atom stereocenters. The SMILES string of the molecule is COc1cc2c(cc1O)CCN1C[C@@H](c3cc(C(O[Si](C)C)C(C)(C)C)ccn3)/C(=N/O)C[C@H]21. The third-order valence-corrected chi connectivity index (χ3v) is 7.57. The van der Waals surface area contributed by atoms with Crippen LogP contribution in [-0.4, -0.2) is 55.1 Å². The molecule has 1 aromatic heterocycles. The summed E-state index contributed by atoms with van der Waals surface area (Å²) in [5.74, 6) is 0.552. The monoisotopic (exact) mass is 482 g/mol. The Bertz CT molecular complexity index is 1070. The molecule has 34 heavy (non-hydrogen) atoms. The lowest BCUT2D eigenvalue weighted by Crippen LogP contribution is -2.45. The van der Waals surface area contributed by atoms with Crippen LogP contribution in [0.15, 0.2) is 35.6 Å². The Hall–Kier alpha value is -2.42. The molecule has 2 aromatic rings. The molecule has 0 spiro atoms. The minimum absolute atomic E-state index is 0.0222. The minimum atomic E-state index is -0.888. The van der Waals surface area contributed by atoms with Crippen molar-refractivity contribution >= 4 is 14.8 Å². The Labute approximate surface area is 204 Å². The van der Waals surface area contributed by atoms with E-state index in [-0.39, 0.29) is 29.2 Å². The molecule has 183 valence electrons. The molecule has 4 rings (SSSR count). The van der Waals surface area contributed by atoms with Gasteiger partial charge in [-0.1, -0.05) is 25.9 Å². The number of aromatic hydroxyl groups is 1. The van der Waals surface area contributed by atoms with Crippen molar-refractivity contribution in [2.45, 2.75) is 64.8 Å². The van der Waals surface area contributed by atoms with Gasteiger partial charge in [0.1, 0.15) is 0 Å². The molecule has 2 aliphatic heterocycles. The molecule has 0 bridgehead atoms. The summed E-state index contributed by atoms with van der Waals surface area (Å²) in [6.45, 7) is 12.5. The maximum Gasteiger partial charge on any atom is 0.205 e. The number of nitrogens with zero attached hydrogens (tertiary/aromatic N) is 3.